The Balaban J connectivity index is 2.46. The molecule has 0 saturated carbocycles. The van der Waals surface area contributed by atoms with Crippen LogP contribution in [-0.2, 0) is 0 Å². The second kappa shape index (κ2) is 3.32. The lowest BCUT2D eigenvalue weighted by atomic mass is 9.37. The Kier molecular flexibility index (Phi) is 2.57. The number of rotatable bonds is 0. The quantitative estimate of drug-likeness (QED) is 0.487. The molecule has 0 aromatic rings. The van der Waals surface area contributed by atoms with Crippen molar-refractivity contribution >= 4 is 0 Å². The summed E-state index contributed by atoms with van der Waals surface area (Å²) < 4.78 is 0. The second-order valence-corrected chi connectivity index (χ2v) is 9.28. The van der Waals surface area contributed by atoms with Crippen LogP contribution in [0.3, 0.4) is 0 Å². The molecule has 2 aliphatic carbocycles. The van der Waals surface area contributed by atoms with E-state index in [4.69, 9.17) is 0 Å². The Morgan fingerprint density at radius 1 is 0.833 bits per heavy atom. The van der Waals surface area contributed by atoms with Crippen LogP contribution in [0.15, 0.2) is 23.3 Å². The molecule has 2 unspecified atom stereocenters. The predicted molar refractivity (Wildman–Crippen MR) is 80.5 cm³/mol. The van der Waals surface area contributed by atoms with Crippen LogP contribution in [0.25, 0.3) is 0 Å². The zero-order chi connectivity index (χ0) is 14.1. The molecule has 2 atom stereocenters. The predicted octanol–water partition coefficient (Wildman–Crippen LogP) is 5.61. The minimum atomic E-state index is 0.295. The lowest BCUT2D eigenvalue weighted by Crippen LogP contribution is -2.58. The maximum Gasteiger partial charge on any atom is 0.0248 e. The van der Waals surface area contributed by atoms with Crippen LogP contribution in [0, 0.1) is 27.6 Å². The van der Waals surface area contributed by atoms with Gasteiger partial charge < -0.3 is 0 Å². The summed E-state index contributed by atoms with van der Waals surface area (Å²) in [5, 5.41) is 0. The van der Waals surface area contributed by atoms with E-state index in [2.05, 4.69) is 74.5 Å². The monoisotopic (exact) mass is 246 g/mol. The molecule has 0 heterocycles. The van der Waals surface area contributed by atoms with Crippen molar-refractivity contribution in [2.75, 3.05) is 0 Å². The van der Waals surface area contributed by atoms with Gasteiger partial charge in [0.05, 0.1) is 0 Å². The molecule has 0 spiro atoms. The molecule has 0 saturated heterocycles. The second-order valence-electron chi connectivity index (χ2n) is 9.28. The van der Waals surface area contributed by atoms with Gasteiger partial charge in [-0.1, -0.05) is 85.6 Å². The van der Waals surface area contributed by atoms with Gasteiger partial charge in [0, 0.05) is 11.3 Å². The Morgan fingerprint density at radius 2 is 1.33 bits per heavy atom. The average molecular weight is 246 g/mol. The van der Waals surface area contributed by atoms with E-state index in [0.717, 1.165) is 0 Å². The summed E-state index contributed by atoms with van der Waals surface area (Å²) in [5.41, 5.74) is 4.56. The summed E-state index contributed by atoms with van der Waals surface area (Å²) in [4.78, 5) is 0. The van der Waals surface area contributed by atoms with Gasteiger partial charge in [-0.3, -0.25) is 0 Å². The Morgan fingerprint density at radius 3 is 1.61 bits per heavy atom. The average Bonchev–Trinajstić information content (AvgIpc) is 2.01. The molecule has 0 N–H and O–H groups in total. The van der Waals surface area contributed by atoms with Crippen molar-refractivity contribution < 1.29 is 0 Å². The van der Waals surface area contributed by atoms with E-state index < -0.39 is 0 Å². The standard InChI is InChI=1S/C18H30/c1-15(2,3)13-11-18(17(7,8)9)12(13)10-14(18)16(4,5)6/h10-12H,1-9H3. The Hall–Kier alpha value is -0.520. The van der Waals surface area contributed by atoms with E-state index in [0.29, 0.717) is 27.6 Å². The van der Waals surface area contributed by atoms with Crippen molar-refractivity contribution in [3.8, 4) is 0 Å². The normalized spacial score (nSPS) is 31.9. The molecule has 2 aliphatic rings. The van der Waals surface area contributed by atoms with Gasteiger partial charge in [0.15, 0.2) is 0 Å². The van der Waals surface area contributed by atoms with Crippen molar-refractivity contribution in [3.05, 3.63) is 23.3 Å². The lowest BCUT2D eigenvalue weighted by Gasteiger charge is -2.67. The fourth-order valence-corrected chi connectivity index (χ4v) is 3.89. The van der Waals surface area contributed by atoms with Gasteiger partial charge in [0.2, 0.25) is 0 Å². The third kappa shape index (κ3) is 1.57. The highest BCUT2D eigenvalue weighted by atomic mass is 14.7. The number of allylic oxidation sites excluding steroid dienone is 4. The zero-order valence-electron chi connectivity index (χ0n) is 13.7. The largest absolute Gasteiger partial charge is 0.0754 e. The van der Waals surface area contributed by atoms with Gasteiger partial charge in [-0.15, -0.1) is 0 Å². The topological polar surface area (TPSA) is 0 Å². The van der Waals surface area contributed by atoms with Gasteiger partial charge in [-0.05, 0) is 16.2 Å². The van der Waals surface area contributed by atoms with E-state index in [1.54, 1.807) is 11.1 Å². The molecule has 0 aliphatic heterocycles. The molecule has 0 bridgehead atoms. The van der Waals surface area contributed by atoms with Crippen LogP contribution in [-0.4, -0.2) is 0 Å². The maximum atomic E-state index is 2.60. The summed E-state index contributed by atoms with van der Waals surface area (Å²) in [5.74, 6) is 0.687. The fourth-order valence-electron chi connectivity index (χ4n) is 3.89. The first-order valence-corrected chi connectivity index (χ1v) is 7.28. The maximum absolute atomic E-state index is 2.60. The van der Waals surface area contributed by atoms with Crippen LogP contribution in [0.5, 0.6) is 0 Å². The molecular weight excluding hydrogens is 216 g/mol. The molecule has 0 amide bonds. The van der Waals surface area contributed by atoms with Crippen LogP contribution in [0.2, 0.25) is 0 Å². The Bertz CT molecular complexity index is 426. The Labute approximate surface area is 114 Å². The smallest absolute Gasteiger partial charge is 0.0248 e. The summed E-state index contributed by atoms with van der Waals surface area (Å²) in [6.07, 6.45) is 5.14. The highest BCUT2D eigenvalue weighted by Crippen LogP contribution is 2.72. The molecule has 0 radical (unpaired) electrons. The summed E-state index contributed by atoms with van der Waals surface area (Å²) >= 11 is 0. The molecular formula is C18H30. The third-order valence-corrected chi connectivity index (χ3v) is 4.90. The van der Waals surface area contributed by atoms with Gasteiger partial charge in [-0.2, -0.15) is 0 Å². The highest BCUT2D eigenvalue weighted by Gasteiger charge is 2.63. The molecule has 0 aromatic heterocycles. The summed E-state index contributed by atoms with van der Waals surface area (Å²) in [6, 6.07) is 0. The van der Waals surface area contributed by atoms with Crippen LogP contribution < -0.4 is 0 Å². The van der Waals surface area contributed by atoms with Gasteiger partial charge >= 0.3 is 0 Å². The summed E-state index contributed by atoms with van der Waals surface area (Å²) in [6.45, 7) is 21.3. The SMILES string of the molecule is CC(C)(C)C1=CC2(C(C)(C)C)C(C(C)(C)C)=CC12. The van der Waals surface area contributed by atoms with E-state index in [1.807, 2.05) is 0 Å². The van der Waals surface area contributed by atoms with Crippen molar-refractivity contribution in [2.24, 2.45) is 27.6 Å². The fraction of sp³-hybridized carbons (Fsp3) is 0.778. The van der Waals surface area contributed by atoms with E-state index in [-0.39, 0.29) is 0 Å². The molecule has 102 valence electrons. The highest BCUT2D eigenvalue weighted by molar-refractivity contribution is 5.56. The van der Waals surface area contributed by atoms with Crippen LogP contribution in [0.1, 0.15) is 62.3 Å². The molecule has 0 aromatic carbocycles. The van der Waals surface area contributed by atoms with Gasteiger partial charge in [0.1, 0.15) is 0 Å². The van der Waals surface area contributed by atoms with E-state index in [9.17, 15) is 0 Å². The van der Waals surface area contributed by atoms with Crippen molar-refractivity contribution in [1.29, 1.82) is 0 Å². The minimum Gasteiger partial charge on any atom is -0.0754 e. The lowest BCUT2D eigenvalue weighted by molar-refractivity contribution is 0.0499. The first kappa shape index (κ1) is 13.9. The molecule has 0 heteroatoms. The van der Waals surface area contributed by atoms with Crippen LogP contribution in [0.4, 0.5) is 0 Å². The first-order chi connectivity index (χ1) is 7.82. The number of fused-ring (bicyclic) bond motifs is 1. The number of hydrogen-bond donors (Lipinski definition) is 0. The minimum absolute atomic E-state index is 0.295. The first-order valence-electron chi connectivity index (χ1n) is 7.28. The summed E-state index contributed by atoms with van der Waals surface area (Å²) in [7, 11) is 0. The third-order valence-electron chi connectivity index (χ3n) is 4.90. The number of hydrogen-bond acceptors (Lipinski definition) is 0. The zero-order valence-corrected chi connectivity index (χ0v) is 13.7. The van der Waals surface area contributed by atoms with Gasteiger partial charge in [0.25, 0.3) is 0 Å². The van der Waals surface area contributed by atoms with Crippen molar-refractivity contribution in [1.82, 2.24) is 0 Å². The molecule has 0 nitrogen and oxygen atoms in total. The van der Waals surface area contributed by atoms with E-state index >= 15 is 0 Å². The molecule has 18 heavy (non-hydrogen) atoms. The van der Waals surface area contributed by atoms with Crippen molar-refractivity contribution in [3.63, 3.8) is 0 Å². The van der Waals surface area contributed by atoms with Gasteiger partial charge in [-0.25, -0.2) is 0 Å². The van der Waals surface area contributed by atoms with E-state index in [1.165, 1.54) is 0 Å². The molecule has 2 rings (SSSR count). The van der Waals surface area contributed by atoms with Crippen LogP contribution >= 0.6 is 0 Å². The van der Waals surface area contributed by atoms with Crippen molar-refractivity contribution in [2.45, 2.75) is 62.3 Å². The molecule has 0 fully saturated rings.